The molecule has 7 heteroatoms. The molecule has 31 heavy (non-hydrogen) atoms. The Kier molecular flexibility index (Phi) is 5.68. The Morgan fingerprint density at radius 3 is 2.42 bits per heavy atom. The third kappa shape index (κ3) is 4.13. The highest BCUT2D eigenvalue weighted by Crippen LogP contribution is 2.49. The number of nitrogens with zero attached hydrogens (tertiary/aromatic N) is 1. The summed E-state index contributed by atoms with van der Waals surface area (Å²) in [5.41, 5.74) is 1.38. The average molecular weight is 501 g/mol. The SMILES string of the molecule is CC(C)(C)C(C(=O)O)C1(C(=O)NCc2nc3ccc(Br)cc3s2)Cc2ccccc2C1. The van der Waals surface area contributed by atoms with Crippen molar-refractivity contribution in [3.05, 3.63) is 63.1 Å². The molecule has 0 bridgehead atoms. The Bertz CT molecular complexity index is 1140. The van der Waals surface area contributed by atoms with Gasteiger partial charge >= 0.3 is 5.97 Å². The van der Waals surface area contributed by atoms with Gasteiger partial charge in [0.25, 0.3) is 0 Å². The summed E-state index contributed by atoms with van der Waals surface area (Å²) in [6.07, 6.45) is 0.853. The molecule has 3 aromatic rings. The van der Waals surface area contributed by atoms with Crippen LogP contribution >= 0.6 is 27.3 Å². The van der Waals surface area contributed by atoms with Crippen molar-refractivity contribution in [1.82, 2.24) is 10.3 Å². The summed E-state index contributed by atoms with van der Waals surface area (Å²) in [4.78, 5) is 30.7. The van der Waals surface area contributed by atoms with Crippen molar-refractivity contribution in [2.75, 3.05) is 0 Å². The minimum absolute atomic E-state index is 0.216. The number of nitrogens with one attached hydrogen (secondary N) is 1. The van der Waals surface area contributed by atoms with Crippen molar-refractivity contribution in [1.29, 1.82) is 0 Å². The third-order valence-electron chi connectivity index (χ3n) is 6.04. The first kappa shape index (κ1) is 22.0. The van der Waals surface area contributed by atoms with E-state index in [9.17, 15) is 14.7 Å². The van der Waals surface area contributed by atoms with E-state index in [1.165, 1.54) is 11.3 Å². The normalized spacial score (nSPS) is 16.1. The molecular weight excluding hydrogens is 476 g/mol. The van der Waals surface area contributed by atoms with Gasteiger partial charge in [-0.15, -0.1) is 11.3 Å². The van der Waals surface area contributed by atoms with Gasteiger partial charge in [-0.1, -0.05) is 61.0 Å². The van der Waals surface area contributed by atoms with Gasteiger partial charge in [0.15, 0.2) is 0 Å². The standard InChI is InChI=1S/C24H25BrN2O3S/c1-23(2,3)20(21(28)29)24(11-14-6-4-5-7-15(14)12-24)22(30)26-13-19-27-17-9-8-16(25)10-18(17)31-19/h4-10,20H,11-13H2,1-3H3,(H,26,30)(H,28,29). The molecule has 2 N–H and O–H groups in total. The molecule has 1 aromatic heterocycles. The molecule has 0 spiro atoms. The number of benzene rings is 2. The van der Waals surface area contributed by atoms with E-state index in [2.05, 4.69) is 26.2 Å². The number of hydrogen-bond acceptors (Lipinski definition) is 4. The van der Waals surface area contributed by atoms with Crippen LogP contribution in [0.3, 0.4) is 0 Å². The summed E-state index contributed by atoms with van der Waals surface area (Å²) >= 11 is 5.00. The number of aliphatic carboxylic acids is 1. The summed E-state index contributed by atoms with van der Waals surface area (Å²) in [5, 5.41) is 14.0. The maximum Gasteiger partial charge on any atom is 0.308 e. The van der Waals surface area contributed by atoms with Crippen LogP contribution in [0.25, 0.3) is 10.2 Å². The molecule has 0 radical (unpaired) electrons. The third-order valence-corrected chi connectivity index (χ3v) is 7.55. The van der Waals surface area contributed by atoms with Gasteiger partial charge in [0.1, 0.15) is 5.01 Å². The fourth-order valence-electron chi connectivity index (χ4n) is 4.93. The molecule has 1 aliphatic carbocycles. The van der Waals surface area contributed by atoms with E-state index in [1.54, 1.807) is 0 Å². The molecule has 1 unspecified atom stereocenters. The zero-order valence-electron chi connectivity index (χ0n) is 17.7. The van der Waals surface area contributed by atoms with Gasteiger partial charge in [-0.05, 0) is 47.6 Å². The van der Waals surface area contributed by atoms with Crippen LogP contribution in [-0.4, -0.2) is 22.0 Å². The minimum Gasteiger partial charge on any atom is -0.481 e. The summed E-state index contributed by atoms with van der Waals surface area (Å²) in [6, 6.07) is 13.8. The van der Waals surface area contributed by atoms with Crippen LogP contribution in [-0.2, 0) is 29.0 Å². The average Bonchev–Trinajstić information content (AvgIpc) is 3.25. The lowest BCUT2D eigenvalue weighted by atomic mass is 9.61. The van der Waals surface area contributed by atoms with E-state index in [0.717, 1.165) is 30.8 Å². The van der Waals surface area contributed by atoms with E-state index in [0.29, 0.717) is 12.8 Å². The van der Waals surface area contributed by atoms with Crippen LogP contribution in [0.4, 0.5) is 0 Å². The van der Waals surface area contributed by atoms with Gasteiger partial charge in [0, 0.05) is 4.47 Å². The number of aromatic nitrogens is 1. The number of carbonyl (C=O) groups is 2. The van der Waals surface area contributed by atoms with Crippen molar-refractivity contribution in [2.45, 2.75) is 40.2 Å². The molecule has 0 saturated carbocycles. The lowest BCUT2D eigenvalue weighted by Gasteiger charge is -2.41. The molecule has 2 aromatic carbocycles. The number of halogens is 1. The second kappa shape index (κ2) is 8.02. The fourth-order valence-corrected chi connectivity index (χ4v) is 6.39. The second-order valence-corrected chi connectivity index (χ2v) is 11.3. The topological polar surface area (TPSA) is 79.3 Å². The quantitative estimate of drug-likeness (QED) is 0.503. The van der Waals surface area contributed by atoms with E-state index in [-0.39, 0.29) is 12.5 Å². The first-order valence-corrected chi connectivity index (χ1v) is 11.8. The first-order chi connectivity index (χ1) is 14.6. The molecule has 0 fully saturated rings. The van der Waals surface area contributed by atoms with Crippen LogP contribution in [0.2, 0.25) is 0 Å². The van der Waals surface area contributed by atoms with Crippen LogP contribution in [0.1, 0.15) is 36.9 Å². The molecule has 1 heterocycles. The van der Waals surface area contributed by atoms with Gasteiger partial charge < -0.3 is 10.4 Å². The summed E-state index contributed by atoms with van der Waals surface area (Å²) in [6.45, 7) is 5.98. The predicted molar refractivity (Wildman–Crippen MR) is 126 cm³/mol. The smallest absolute Gasteiger partial charge is 0.308 e. The van der Waals surface area contributed by atoms with Gasteiger partial charge in [-0.3, -0.25) is 9.59 Å². The highest BCUT2D eigenvalue weighted by atomic mass is 79.9. The first-order valence-electron chi connectivity index (χ1n) is 10.2. The van der Waals surface area contributed by atoms with Gasteiger partial charge in [0.2, 0.25) is 5.91 Å². The molecule has 1 amide bonds. The minimum atomic E-state index is -1.03. The predicted octanol–water partition coefficient (Wildman–Crippen LogP) is 5.21. The number of hydrogen-bond donors (Lipinski definition) is 2. The summed E-state index contributed by atoms with van der Waals surface area (Å²) in [5.74, 6) is -1.97. The van der Waals surface area contributed by atoms with E-state index < -0.39 is 22.7 Å². The van der Waals surface area contributed by atoms with Crippen LogP contribution < -0.4 is 5.32 Å². The molecule has 1 atom stereocenters. The number of amides is 1. The maximum atomic E-state index is 13.7. The van der Waals surface area contributed by atoms with E-state index in [4.69, 9.17) is 0 Å². The van der Waals surface area contributed by atoms with Gasteiger partial charge in [-0.2, -0.15) is 0 Å². The van der Waals surface area contributed by atoms with E-state index >= 15 is 0 Å². The molecule has 4 rings (SSSR count). The Morgan fingerprint density at radius 2 is 1.84 bits per heavy atom. The highest BCUT2D eigenvalue weighted by molar-refractivity contribution is 9.10. The van der Waals surface area contributed by atoms with Crippen LogP contribution in [0.15, 0.2) is 46.9 Å². The Balaban J connectivity index is 1.65. The number of rotatable bonds is 5. The van der Waals surface area contributed by atoms with Gasteiger partial charge in [-0.25, -0.2) is 4.98 Å². The summed E-state index contributed by atoms with van der Waals surface area (Å²) < 4.78 is 2.02. The zero-order chi connectivity index (χ0) is 22.4. The van der Waals surface area contributed by atoms with E-state index in [1.807, 2.05) is 63.2 Å². The van der Waals surface area contributed by atoms with Crippen molar-refractivity contribution < 1.29 is 14.7 Å². The summed E-state index contributed by atoms with van der Waals surface area (Å²) in [7, 11) is 0. The lowest BCUT2D eigenvalue weighted by Crippen LogP contribution is -2.53. The second-order valence-electron chi connectivity index (χ2n) is 9.32. The fraction of sp³-hybridized carbons (Fsp3) is 0.375. The monoisotopic (exact) mass is 500 g/mol. The maximum absolute atomic E-state index is 13.7. The number of thiazole rings is 1. The van der Waals surface area contributed by atoms with Crippen molar-refractivity contribution in [3.63, 3.8) is 0 Å². The Hall–Kier alpha value is -2.25. The zero-order valence-corrected chi connectivity index (χ0v) is 20.1. The van der Waals surface area contributed by atoms with Crippen molar-refractivity contribution in [3.8, 4) is 0 Å². The highest BCUT2D eigenvalue weighted by Gasteiger charge is 2.56. The molecule has 1 aliphatic rings. The number of carboxylic acid groups (broad SMARTS) is 1. The Morgan fingerprint density at radius 1 is 1.19 bits per heavy atom. The molecule has 0 saturated heterocycles. The molecule has 0 aliphatic heterocycles. The largest absolute Gasteiger partial charge is 0.481 e. The number of carboxylic acids is 1. The van der Waals surface area contributed by atoms with Crippen molar-refractivity contribution >= 4 is 49.4 Å². The van der Waals surface area contributed by atoms with Gasteiger partial charge in [0.05, 0.1) is 28.1 Å². The molecular formula is C24H25BrN2O3S. The molecule has 5 nitrogen and oxygen atoms in total. The molecule has 162 valence electrons. The van der Waals surface area contributed by atoms with Crippen LogP contribution in [0.5, 0.6) is 0 Å². The Labute approximate surface area is 194 Å². The number of fused-ring (bicyclic) bond motifs is 2. The van der Waals surface area contributed by atoms with Crippen LogP contribution in [0, 0.1) is 16.7 Å². The van der Waals surface area contributed by atoms with Crippen molar-refractivity contribution in [2.24, 2.45) is 16.7 Å². The number of carbonyl (C=O) groups excluding carboxylic acids is 1. The lowest BCUT2D eigenvalue weighted by molar-refractivity contribution is -0.159.